The molecule has 0 aromatic carbocycles. The smallest absolute Gasteiger partial charge is 0.421 e. The van der Waals surface area contributed by atoms with Gasteiger partial charge in [0.2, 0.25) is 0 Å². The first-order chi connectivity index (χ1) is 9.35. The number of methoxy groups -OCH3 is 1. The van der Waals surface area contributed by atoms with Gasteiger partial charge in [-0.2, -0.15) is 12.7 Å². The molecule has 0 saturated carbocycles. The Morgan fingerprint density at radius 1 is 1.35 bits per heavy atom. The molecule has 1 aliphatic heterocycles. The van der Waals surface area contributed by atoms with Gasteiger partial charge < -0.3 is 14.6 Å². The Morgan fingerprint density at radius 2 is 1.95 bits per heavy atom. The van der Waals surface area contributed by atoms with Gasteiger partial charge in [0.15, 0.2) is 0 Å². The van der Waals surface area contributed by atoms with Gasteiger partial charge >= 0.3 is 22.3 Å². The summed E-state index contributed by atoms with van der Waals surface area (Å²) < 4.78 is 36.0. The second-order valence-corrected chi connectivity index (χ2v) is 5.88. The maximum Gasteiger partial charge on any atom is 0.421 e. The predicted molar refractivity (Wildman–Crippen MR) is 67.3 cm³/mol. The van der Waals surface area contributed by atoms with Crippen LogP contribution in [0.3, 0.4) is 0 Å². The van der Waals surface area contributed by atoms with Crippen molar-refractivity contribution in [2.24, 2.45) is 0 Å². The number of hydrogen-bond donors (Lipinski definition) is 2. The Labute approximate surface area is 117 Å². The van der Waals surface area contributed by atoms with Gasteiger partial charge in [-0.05, 0) is 12.8 Å². The maximum atomic E-state index is 11.8. The zero-order valence-corrected chi connectivity index (χ0v) is 11.9. The number of ether oxygens (including phenoxy) is 2. The van der Waals surface area contributed by atoms with Crippen molar-refractivity contribution in [3.8, 4) is 0 Å². The molecule has 1 rings (SSSR count). The molecular weight excluding hydrogens is 292 g/mol. The molecule has 2 N–H and O–H groups in total. The third kappa shape index (κ3) is 5.31. The molecule has 1 aliphatic rings. The number of nitrogens with zero attached hydrogens (tertiary/aromatic N) is 1. The molecule has 1 saturated heterocycles. The third-order valence-corrected chi connectivity index (χ3v) is 4.28. The highest BCUT2D eigenvalue weighted by molar-refractivity contribution is 7.87. The van der Waals surface area contributed by atoms with Crippen LogP contribution in [-0.4, -0.2) is 62.8 Å². The van der Waals surface area contributed by atoms with Gasteiger partial charge in [0.25, 0.3) is 0 Å². The van der Waals surface area contributed by atoms with Gasteiger partial charge in [-0.25, -0.2) is 9.52 Å². The Morgan fingerprint density at radius 3 is 2.45 bits per heavy atom. The number of rotatable bonds is 6. The number of nitrogens with one attached hydrogen (secondary N) is 1. The molecule has 0 unspecified atom stereocenters. The van der Waals surface area contributed by atoms with E-state index in [0.717, 1.165) is 11.4 Å². The predicted octanol–water partition coefficient (Wildman–Crippen LogP) is -0.457. The normalized spacial score (nSPS) is 17.6. The summed E-state index contributed by atoms with van der Waals surface area (Å²) in [5, 5.41) is 8.48. The van der Waals surface area contributed by atoms with Crippen molar-refractivity contribution < 1.29 is 32.6 Å². The van der Waals surface area contributed by atoms with Crippen LogP contribution in [0.4, 0.5) is 4.79 Å². The van der Waals surface area contributed by atoms with Crippen molar-refractivity contribution in [2.45, 2.75) is 25.4 Å². The van der Waals surface area contributed by atoms with Crippen molar-refractivity contribution in [3.05, 3.63) is 0 Å². The van der Waals surface area contributed by atoms with Gasteiger partial charge in [-0.1, -0.05) is 0 Å². The molecule has 0 aromatic rings. The van der Waals surface area contributed by atoms with E-state index >= 15 is 0 Å². The van der Waals surface area contributed by atoms with Gasteiger partial charge in [0.1, 0.15) is 0 Å². The molecule has 10 heteroatoms. The molecule has 0 aliphatic carbocycles. The largest absolute Gasteiger partial charge is 0.481 e. The van der Waals surface area contributed by atoms with E-state index in [-0.39, 0.29) is 32.2 Å². The first-order valence-electron chi connectivity index (χ1n) is 6.04. The van der Waals surface area contributed by atoms with Crippen LogP contribution in [0, 0.1) is 0 Å². The second kappa shape index (κ2) is 7.41. The van der Waals surface area contributed by atoms with E-state index in [1.54, 1.807) is 4.72 Å². The van der Waals surface area contributed by atoms with Gasteiger partial charge in [0, 0.05) is 13.1 Å². The van der Waals surface area contributed by atoms with E-state index < -0.39 is 22.3 Å². The van der Waals surface area contributed by atoms with E-state index in [4.69, 9.17) is 9.84 Å². The van der Waals surface area contributed by atoms with Crippen molar-refractivity contribution in [2.75, 3.05) is 26.8 Å². The third-order valence-electron chi connectivity index (χ3n) is 2.81. The highest BCUT2D eigenvalue weighted by atomic mass is 32.2. The highest BCUT2D eigenvalue weighted by Crippen LogP contribution is 2.16. The molecule has 0 bridgehead atoms. The minimum Gasteiger partial charge on any atom is -0.481 e. The lowest BCUT2D eigenvalue weighted by atomic mass is 10.1. The Balaban J connectivity index is 2.38. The number of carbonyl (C=O) groups is 2. The summed E-state index contributed by atoms with van der Waals surface area (Å²) in [5.74, 6) is -0.938. The monoisotopic (exact) mass is 310 g/mol. The summed E-state index contributed by atoms with van der Waals surface area (Å²) in [5.41, 5.74) is 0. The van der Waals surface area contributed by atoms with Gasteiger partial charge in [0.05, 0.1) is 26.2 Å². The van der Waals surface area contributed by atoms with E-state index in [9.17, 15) is 18.0 Å². The van der Waals surface area contributed by atoms with Crippen LogP contribution in [0.5, 0.6) is 0 Å². The maximum absolute atomic E-state index is 11.8. The SMILES string of the molecule is COC(=O)NS(=O)(=O)N1CCC(OCCC(=O)O)CC1. The van der Waals surface area contributed by atoms with Crippen LogP contribution >= 0.6 is 0 Å². The number of aliphatic carboxylic acids is 1. The Kier molecular flexibility index (Phi) is 6.17. The van der Waals surface area contributed by atoms with Gasteiger partial charge in [-0.3, -0.25) is 4.79 Å². The first-order valence-corrected chi connectivity index (χ1v) is 7.48. The zero-order valence-electron chi connectivity index (χ0n) is 11.1. The van der Waals surface area contributed by atoms with E-state index in [2.05, 4.69) is 4.74 Å². The summed E-state index contributed by atoms with van der Waals surface area (Å²) in [6, 6.07) is 0. The quantitative estimate of drug-likeness (QED) is 0.680. The lowest BCUT2D eigenvalue weighted by Crippen LogP contribution is -2.48. The number of hydrogen-bond acceptors (Lipinski definition) is 6. The van der Waals surface area contributed by atoms with Crippen molar-refractivity contribution in [3.63, 3.8) is 0 Å². The molecule has 9 nitrogen and oxygen atoms in total. The lowest BCUT2D eigenvalue weighted by molar-refractivity contribution is -0.138. The molecular formula is C10H18N2O7S. The molecule has 1 heterocycles. The molecule has 116 valence electrons. The molecule has 1 fully saturated rings. The fourth-order valence-electron chi connectivity index (χ4n) is 1.76. The molecule has 20 heavy (non-hydrogen) atoms. The Hall–Kier alpha value is -1.39. The average molecular weight is 310 g/mol. The van der Waals surface area contributed by atoms with E-state index in [0.29, 0.717) is 12.8 Å². The fraction of sp³-hybridized carbons (Fsp3) is 0.800. The molecule has 0 spiro atoms. The topological polar surface area (TPSA) is 122 Å². The van der Waals surface area contributed by atoms with Crippen LogP contribution in [0.15, 0.2) is 0 Å². The highest BCUT2D eigenvalue weighted by Gasteiger charge is 2.29. The minimum absolute atomic E-state index is 0.0809. The van der Waals surface area contributed by atoms with Crippen LogP contribution in [0.1, 0.15) is 19.3 Å². The van der Waals surface area contributed by atoms with Crippen LogP contribution < -0.4 is 4.72 Å². The molecule has 1 amide bonds. The molecule has 0 radical (unpaired) electrons. The van der Waals surface area contributed by atoms with Crippen molar-refractivity contribution >= 4 is 22.3 Å². The number of carboxylic acid groups (broad SMARTS) is 1. The van der Waals surface area contributed by atoms with Gasteiger partial charge in [-0.15, -0.1) is 0 Å². The first kappa shape index (κ1) is 16.7. The fourth-order valence-corrected chi connectivity index (χ4v) is 2.88. The second-order valence-electron chi connectivity index (χ2n) is 4.21. The number of carboxylic acids is 1. The summed E-state index contributed by atoms with van der Waals surface area (Å²) in [4.78, 5) is 21.3. The molecule has 0 atom stereocenters. The van der Waals surface area contributed by atoms with Crippen LogP contribution in [0.2, 0.25) is 0 Å². The lowest BCUT2D eigenvalue weighted by Gasteiger charge is -2.30. The van der Waals surface area contributed by atoms with E-state index in [1.165, 1.54) is 0 Å². The number of amides is 1. The average Bonchev–Trinajstić information content (AvgIpc) is 2.38. The zero-order chi connectivity index (χ0) is 15.2. The standard InChI is InChI=1S/C10H18N2O7S/c1-18-10(15)11-20(16,17)12-5-2-8(3-6-12)19-7-4-9(13)14/h8H,2-7H2,1H3,(H,11,15)(H,13,14). The van der Waals surface area contributed by atoms with Crippen molar-refractivity contribution in [1.82, 2.24) is 9.03 Å². The van der Waals surface area contributed by atoms with Crippen molar-refractivity contribution in [1.29, 1.82) is 0 Å². The Bertz CT molecular complexity index is 443. The summed E-state index contributed by atoms with van der Waals surface area (Å²) >= 11 is 0. The van der Waals surface area contributed by atoms with Crippen LogP contribution in [0.25, 0.3) is 0 Å². The summed E-state index contributed by atoms with van der Waals surface area (Å²) in [6.45, 7) is 0.501. The minimum atomic E-state index is -3.89. The summed E-state index contributed by atoms with van der Waals surface area (Å²) in [6.07, 6.45) is -0.394. The number of carbonyl (C=O) groups excluding carboxylic acids is 1. The summed E-state index contributed by atoms with van der Waals surface area (Å²) in [7, 11) is -2.82. The van der Waals surface area contributed by atoms with E-state index in [1.807, 2.05) is 0 Å². The molecule has 0 aromatic heterocycles. The number of piperidine rings is 1. The van der Waals surface area contributed by atoms with Crippen LogP contribution in [-0.2, 0) is 24.5 Å².